The summed E-state index contributed by atoms with van der Waals surface area (Å²) in [7, 11) is -4.78. The van der Waals surface area contributed by atoms with Crippen LogP contribution < -0.4 is 0 Å². The summed E-state index contributed by atoms with van der Waals surface area (Å²) in [6, 6.07) is 0. The molecular formula is C18H34Na2O8S. The topological polar surface area (TPSA) is 116 Å². The Morgan fingerprint density at radius 1 is 0.862 bits per heavy atom. The SMILES string of the molecule is CCCCCCCCCCCCOC(=O)C(CC(=O)OOCC)S(=O)(=O)O.[Na].[Na]. The maximum absolute atomic E-state index is 11.8. The first-order valence-corrected chi connectivity index (χ1v) is 11.3. The molecule has 2 radical (unpaired) electrons. The Bertz CT molecular complexity index is 514. The molecule has 162 valence electrons. The minimum Gasteiger partial charge on any atom is -0.465 e. The third-order valence-electron chi connectivity index (χ3n) is 3.99. The number of hydrogen-bond acceptors (Lipinski definition) is 7. The average Bonchev–Trinajstić information content (AvgIpc) is 2.61. The van der Waals surface area contributed by atoms with Crippen LogP contribution in [-0.2, 0) is 34.2 Å². The van der Waals surface area contributed by atoms with Gasteiger partial charge < -0.3 is 4.74 Å². The second-order valence-electron chi connectivity index (χ2n) is 6.42. The fourth-order valence-corrected chi connectivity index (χ4v) is 3.13. The van der Waals surface area contributed by atoms with Gasteiger partial charge in [0.1, 0.15) is 0 Å². The molecule has 0 saturated heterocycles. The van der Waals surface area contributed by atoms with Gasteiger partial charge in [-0.1, -0.05) is 64.7 Å². The second-order valence-corrected chi connectivity index (χ2v) is 8.02. The summed E-state index contributed by atoms with van der Waals surface area (Å²) in [6.45, 7) is 3.87. The first-order chi connectivity index (χ1) is 12.8. The van der Waals surface area contributed by atoms with Crippen molar-refractivity contribution in [3.63, 3.8) is 0 Å². The van der Waals surface area contributed by atoms with Crippen LogP contribution in [0.25, 0.3) is 0 Å². The molecule has 0 heterocycles. The molecule has 0 amide bonds. The maximum Gasteiger partial charge on any atom is 0.344 e. The van der Waals surface area contributed by atoms with Crippen LogP contribution in [0.1, 0.15) is 84.5 Å². The predicted molar refractivity (Wildman–Crippen MR) is 112 cm³/mol. The van der Waals surface area contributed by atoms with Gasteiger partial charge in [0, 0.05) is 59.1 Å². The van der Waals surface area contributed by atoms with Gasteiger partial charge >= 0.3 is 11.9 Å². The van der Waals surface area contributed by atoms with Crippen LogP contribution in [0.4, 0.5) is 0 Å². The molecule has 29 heavy (non-hydrogen) atoms. The summed E-state index contributed by atoms with van der Waals surface area (Å²) in [5.41, 5.74) is 0. The molecule has 0 aromatic carbocycles. The Kier molecular flexibility index (Phi) is 26.1. The Hall–Kier alpha value is 0.810. The molecule has 0 bridgehead atoms. The summed E-state index contributed by atoms with van der Waals surface area (Å²) in [5.74, 6) is -2.24. The second kappa shape index (κ2) is 22.0. The summed E-state index contributed by atoms with van der Waals surface area (Å²) >= 11 is 0. The largest absolute Gasteiger partial charge is 0.465 e. The Morgan fingerprint density at radius 3 is 1.79 bits per heavy atom. The quantitative estimate of drug-likeness (QED) is 0.0887. The van der Waals surface area contributed by atoms with Gasteiger partial charge in [-0.3, -0.25) is 14.2 Å². The van der Waals surface area contributed by atoms with Crippen molar-refractivity contribution in [1.82, 2.24) is 0 Å². The van der Waals surface area contributed by atoms with Crippen molar-refractivity contribution in [2.75, 3.05) is 13.2 Å². The van der Waals surface area contributed by atoms with Crippen molar-refractivity contribution >= 4 is 81.2 Å². The van der Waals surface area contributed by atoms with Crippen LogP contribution in [0.5, 0.6) is 0 Å². The zero-order valence-electron chi connectivity index (χ0n) is 18.5. The van der Waals surface area contributed by atoms with E-state index in [1.165, 1.54) is 38.5 Å². The van der Waals surface area contributed by atoms with Crippen LogP contribution in [-0.4, -0.2) is 102 Å². The third kappa shape index (κ3) is 20.5. The molecular weight excluding hydrogens is 422 g/mol. The van der Waals surface area contributed by atoms with Crippen LogP contribution >= 0.6 is 0 Å². The zero-order valence-corrected chi connectivity index (χ0v) is 23.3. The Labute approximate surface area is 219 Å². The predicted octanol–water partition coefficient (Wildman–Crippen LogP) is 2.83. The monoisotopic (exact) mass is 456 g/mol. The molecule has 0 aliphatic carbocycles. The van der Waals surface area contributed by atoms with Crippen molar-refractivity contribution in [3.05, 3.63) is 0 Å². The normalized spacial score (nSPS) is 11.7. The van der Waals surface area contributed by atoms with Crippen LogP contribution in [0, 0.1) is 0 Å². The molecule has 0 spiro atoms. The molecule has 11 heteroatoms. The molecule has 0 aromatic rings. The van der Waals surface area contributed by atoms with Gasteiger partial charge in [-0.05, 0) is 13.3 Å². The molecule has 1 unspecified atom stereocenters. The Balaban J connectivity index is -0.00000338. The molecule has 0 aliphatic rings. The van der Waals surface area contributed by atoms with Crippen LogP contribution in [0.2, 0.25) is 0 Å². The number of rotatable bonds is 17. The smallest absolute Gasteiger partial charge is 0.344 e. The van der Waals surface area contributed by atoms with Crippen molar-refractivity contribution in [1.29, 1.82) is 0 Å². The summed E-state index contributed by atoms with van der Waals surface area (Å²) in [4.78, 5) is 31.9. The molecule has 0 aliphatic heterocycles. The van der Waals surface area contributed by atoms with Crippen LogP contribution in [0.15, 0.2) is 0 Å². The van der Waals surface area contributed by atoms with Crippen LogP contribution in [0.3, 0.4) is 0 Å². The third-order valence-corrected chi connectivity index (χ3v) is 5.06. The molecule has 1 N–H and O–H groups in total. The summed E-state index contributed by atoms with van der Waals surface area (Å²) in [5, 5.41) is -2.01. The van der Waals surface area contributed by atoms with Gasteiger partial charge in [0.15, 0.2) is 5.25 Å². The zero-order chi connectivity index (χ0) is 20.5. The van der Waals surface area contributed by atoms with Gasteiger partial charge in [0.2, 0.25) is 0 Å². The number of ether oxygens (including phenoxy) is 1. The number of unbranched alkanes of at least 4 members (excludes halogenated alkanes) is 9. The average molecular weight is 457 g/mol. The van der Waals surface area contributed by atoms with E-state index >= 15 is 0 Å². The van der Waals surface area contributed by atoms with E-state index in [2.05, 4.69) is 16.7 Å². The van der Waals surface area contributed by atoms with E-state index in [-0.39, 0.29) is 72.3 Å². The summed E-state index contributed by atoms with van der Waals surface area (Å²) in [6.07, 6.45) is 10.3. The fraction of sp³-hybridized carbons (Fsp3) is 0.889. The minimum absolute atomic E-state index is 0. The van der Waals surface area contributed by atoms with Gasteiger partial charge in [-0.15, -0.1) is 0 Å². The number of esters is 1. The molecule has 0 fully saturated rings. The summed E-state index contributed by atoms with van der Waals surface area (Å²) < 4.78 is 36.6. The van der Waals surface area contributed by atoms with Crippen molar-refractivity contribution in [2.24, 2.45) is 0 Å². The van der Waals surface area contributed by atoms with E-state index in [9.17, 15) is 18.0 Å². The molecule has 0 saturated carbocycles. The van der Waals surface area contributed by atoms with E-state index in [0.717, 1.165) is 19.3 Å². The molecule has 1 atom stereocenters. The minimum atomic E-state index is -4.78. The van der Waals surface area contributed by atoms with Crippen molar-refractivity contribution in [3.8, 4) is 0 Å². The van der Waals surface area contributed by atoms with Gasteiger partial charge in [-0.2, -0.15) is 13.3 Å². The van der Waals surface area contributed by atoms with E-state index in [1.54, 1.807) is 6.92 Å². The van der Waals surface area contributed by atoms with E-state index in [1.807, 2.05) is 0 Å². The first kappa shape index (κ1) is 34.4. The first-order valence-electron chi connectivity index (χ1n) is 9.78. The maximum atomic E-state index is 11.8. The van der Waals surface area contributed by atoms with Gasteiger partial charge in [-0.25, -0.2) is 4.79 Å². The van der Waals surface area contributed by atoms with Crippen molar-refractivity contribution in [2.45, 2.75) is 89.7 Å². The van der Waals surface area contributed by atoms with Gasteiger partial charge in [0.25, 0.3) is 10.1 Å². The molecule has 0 rings (SSSR count). The van der Waals surface area contributed by atoms with E-state index in [0.29, 0.717) is 6.42 Å². The standard InChI is InChI=1S/C18H34O8S.2Na/c1-3-5-6-7-8-9-10-11-12-13-14-24-18(20)16(27(21,22)23)15-17(19)26-25-4-2;;/h16H,3-15H2,1-2H3,(H,21,22,23);;. The Morgan fingerprint density at radius 2 is 1.34 bits per heavy atom. The number of carbonyl (C=O) groups is 2. The fourth-order valence-electron chi connectivity index (χ4n) is 2.48. The number of carbonyl (C=O) groups excluding carboxylic acids is 2. The molecule has 8 nitrogen and oxygen atoms in total. The van der Waals surface area contributed by atoms with E-state index in [4.69, 9.17) is 9.29 Å². The van der Waals surface area contributed by atoms with Gasteiger partial charge in [0.05, 0.1) is 19.6 Å². The van der Waals surface area contributed by atoms with E-state index < -0.39 is 33.7 Å². The molecule has 0 aromatic heterocycles. The van der Waals surface area contributed by atoms with Crippen molar-refractivity contribution < 1.29 is 37.1 Å². The number of hydrogen-bond donors (Lipinski definition) is 1.